The summed E-state index contributed by atoms with van der Waals surface area (Å²) in [6.07, 6.45) is 5.05. The minimum Gasteiger partial charge on any atom is -0.515 e. The van der Waals surface area contributed by atoms with Crippen molar-refractivity contribution in [2.75, 3.05) is 0 Å². The molecule has 2 saturated carbocycles. The van der Waals surface area contributed by atoms with Crippen LogP contribution in [0.25, 0.3) is 0 Å². The highest BCUT2D eigenvalue weighted by Crippen LogP contribution is 2.63. The molecule has 0 saturated heterocycles. The van der Waals surface area contributed by atoms with Gasteiger partial charge < -0.3 is 10.0 Å². The molecule has 2 aromatic carbocycles. The van der Waals surface area contributed by atoms with E-state index in [1.54, 1.807) is 12.1 Å². The van der Waals surface area contributed by atoms with Gasteiger partial charge in [-0.15, -0.1) is 0 Å². The molecule has 2 aromatic rings. The van der Waals surface area contributed by atoms with Gasteiger partial charge in [-0.25, -0.2) is 4.39 Å². The lowest BCUT2D eigenvalue weighted by atomic mass is 9.54. The molecule has 1 heterocycles. The van der Waals surface area contributed by atoms with Crippen LogP contribution in [0.4, 0.5) is 4.39 Å². The van der Waals surface area contributed by atoms with Crippen LogP contribution in [0, 0.1) is 29.0 Å². The van der Waals surface area contributed by atoms with Gasteiger partial charge in [-0.2, -0.15) is 0 Å². The Labute approximate surface area is 205 Å². The zero-order valence-electron chi connectivity index (χ0n) is 20.2. The van der Waals surface area contributed by atoms with Crippen molar-refractivity contribution in [3.63, 3.8) is 0 Å². The number of fused-ring (bicyclic) bond motifs is 6. The number of halogens is 1. The molecule has 35 heavy (non-hydrogen) atoms. The van der Waals surface area contributed by atoms with Crippen molar-refractivity contribution >= 4 is 11.7 Å². The van der Waals surface area contributed by atoms with Gasteiger partial charge in [0.15, 0.2) is 5.78 Å². The molecule has 4 aliphatic rings. The molecule has 182 valence electrons. The van der Waals surface area contributed by atoms with Crippen LogP contribution in [0.1, 0.15) is 67.2 Å². The van der Waals surface area contributed by atoms with Crippen molar-refractivity contribution in [3.8, 4) is 0 Å². The Kier molecular flexibility index (Phi) is 5.35. The van der Waals surface area contributed by atoms with E-state index in [2.05, 4.69) is 25.1 Å². The van der Waals surface area contributed by atoms with Gasteiger partial charge >= 0.3 is 0 Å². The fraction of sp³-hybridized carbons (Fsp3) is 0.467. The Morgan fingerprint density at radius 1 is 1.14 bits per heavy atom. The minimum absolute atomic E-state index is 0.0412. The van der Waals surface area contributed by atoms with Crippen LogP contribution in [-0.2, 0) is 29.1 Å². The molecule has 0 bridgehead atoms. The van der Waals surface area contributed by atoms with E-state index in [-0.39, 0.29) is 41.2 Å². The quantitative estimate of drug-likeness (QED) is 0.449. The van der Waals surface area contributed by atoms with E-state index in [4.69, 9.17) is 0 Å². The number of allylic oxidation sites excluding steroid dienone is 1. The lowest BCUT2D eigenvalue weighted by Gasteiger charge is -2.49. The van der Waals surface area contributed by atoms with Gasteiger partial charge in [0.1, 0.15) is 5.82 Å². The first-order chi connectivity index (χ1) is 16.9. The molecule has 0 radical (unpaired) electrons. The predicted octanol–water partition coefficient (Wildman–Crippen LogP) is 5.85. The predicted molar refractivity (Wildman–Crippen MR) is 131 cm³/mol. The summed E-state index contributed by atoms with van der Waals surface area (Å²) in [5, 5.41) is 10.1. The second-order valence-electron chi connectivity index (χ2n) is 11.2. The first kappa shape index (κ1) is 22.5. The van der Waals surface area contributed by atoms with Gasteiger partial charge in [-0.3, -0.25) is 9.59 Å². The number of Topliss-reactive ketones (excluding diaryl/α,β-unsaturated/α-hetero) is 1. The molecular formula is C30H32FNO3. The van der Waals surface area contributed by atoms with Crippen molar-refractivity contribution in [2.24, 2.45) is 23.2 Å². The molecule has 0 spiro atoms. The second-order valence-corrected chi connectivity index (χ2v) is 11.2. The van der Waals surface area contributed by atoms with Gasteiger partial charge in [0.05, 0.1) is 6.26 Å². The summed E-state index contributed by atoms with van der Waals surface area (Å²) in [5.74, 6) is 0.413. The first-order valence-corrected chi connectivity index (χ1v) is 12.9. The van der Waals surface area contributed by atoms with Crippen LogP contribution in [0.15, 0.2) is 54.3 Å². The van der Waals surface area contributed by atoms with E-state index in [1.807, 2.05) is 17.0 Å². The lowest BCUT2D eigenvalue weighted by Crippen LogP contribution is -2.44. The van der Waals surface area contributed by atoms with Crippen LogP contribution in [0.2, 0.25) is 0 Å². The maximum atomic E-state index is 14.5. The van der Waals surface area contributed by atoms with Gasteiger partial charge in [0, 0.05) is 30.5 Å². The summed E-state index contributed by atoms with van der Waals surface area (Å²) in [6, 6.07) is 13.6. The summed E-state index contributed by atoms with van der Waals surface area (Å²) in [6.45, 7) is 3.32. The highest BCUT2D eigenvalue weighted by molar-refractivity contribution is 6.03. The average Bonchev–Trinajstić information content (AvgIpc) is 3.39. The number of rotatable bonds is 3. The molecule has 5 atom stereocenters. The van der Waals surface area contributed by atoms with E-state index in [0.717, 1.165) is 36.7 Å². The molecular weight excluding hydrogens is 441 g/mol. The number of hydrogen-bond donors (Lipinski definition) is 1. The molecule has 0 aromatic heterocycles. The number of carbonyl (C=O) groups is 2. The second kappa shape index (κ2) is 8.32. The maximum Gasteiger partial charge on any atom is 0.223 e. The Bertz CT molecular complexity index is 1210. The van der Waals surface area contributed by atoms with Gasteiger partial charge in [-0.05, 0) is 84.1 Å². The van der Waals surface area contributed by atoms with Crippen molar-refractivity contribution < 1.29 is 19.1 Å². The van der Waals surface area contributed by atoms with Gasteiger partial charge in [-0.1, -0.05) is 43.3 Å². The summed E-state index contributed by atoms with van der Waals surface area (Å²) >= 11 is 0. The first-order valence-electron chi connectivity index (χ1n) is 12.9. The average molecular weight is 474 g/mol. The fourth-order valence-corrected chi connectivity index (χ4v) is 7.96. The molecule has 1 amide bonds. The number of aliphatic hydroxyl groups excluding tert-OH is 1. The van der Waals surface area contributed by atoms with Crippen LogP contribution in [0.3, 0.4) is 0 Å². The van der Waals surface area contributed by atoms with E-state index < -0.39 is 5.41 Å². The zero-order valence-corrected chi connectivity index (χ0v) is 20.2. The number of amides is 1. The van der Waals surface area contributed by atoms with Crippen LogP contribution in [-0.4, -0.2) is 21.7 Å². The molecule has 5 unspecified atom stereocenters. The monoisotopic (exact) mass is 473 g/mol. The number of hydrogen-bond acceptors (Lipinski definition) is 3. The zero-order chi connectivity index (χ0) is 24.3. The Hall–Kier alpha value is -2.95. The normalized spacial score (nSPS) is 32.2. The molecule has 1 N–H and O–H groups in total. The highest BCUT2D eigenvalue weighted by Gasteiger charge is 2.60. The molecule has 2 fully saturated rings. The van der Waals surface area contributed by atoms with E-state index in [1.165, 1.54) is 11.1 Å². The Balaban J connectivity index is 1.26. The smallest absolute Gasteiger partial charge is 0.223 e. The van der Waals surface area contributed by atoms with Crippen LogP contribution < -0.4 is 0 Å². The largest absolute Gasteiger partial charge is 0.515 e. The number of nitrogens with zero attached hydrogens (tertiary/aromatic N) is 1. The molecule has 5 heteroatoms. The standard InChI is InChI=1S/C30H32FNO3/c1-30-14-13-21-20-7-4-8-26(31)22(20)9-10-23(21)28(30)24(25(17-33)29(30)35)11-12-27(34)32-15-18-5-2-3-6-19(18)16-32/h2-8,17,21,23-24,28,33H,9-16H2,1H3/b25-17-. The molecule has 3 aliphatic carbocycles. The Morgan fingerprint density at radius 3 is 2.60 bits per heavy atom. The van der Waals surface area contributed by atoms with Crippen LogP contribution >= 0.6 is 0 Å². The van der Waals surface area contributed by atoms with E-state index in [0.29, 0.717) is 37.9 Å². The highest BCUT2D eigenvalue weighted by atomic mass is 19.1. The molecule has 4 nitrogen and oxygen atoms in total. The Morgan fingerprint density at radius 2 is 1.89 bits per heavy atom. The summed E-state index contributed by atoms with van der Waals surface area (Å²) in [5.41, 5.74) is 4.28. The van der Waals surface area contributed by atoms with Gasteiger partial charge in [0.25, 0.3) is 0 Å². The lowest BCUT2D eigenvalue weighted by molar-refractivity contribution is -0.132. The van der Waals surface area contributed by atoms with Crippen molar-refractivity contribution in [3.05, 3.63) is 82.4 Å². The topological polar surface area (TPSA) is 57.6 Å². The van der Waals surface area contributed by atoms with Crippen LogP contribution in [0.5, 0.6) is 0 Å². The SMILES string of the molecule is CC12CCC3c4cccc(F)c4CCC3C1C(CCC(=O)N1Cc3ccccc3C1)/C(=C/O)C2=O. The number of ketones is 1. The summed E-state index contributed by atoms with van der Waals surface area (Å²) < 4.78 is 14.5. The molecule has 6 rings (SSSR count). The van der Waals surface area contributed by atoms with Crippen molar-refractivity contribution in [1.29, 1.82) is 0 Å². The third kappa shape index (κ3) is 3.38. The van der Waals surface area contributed by atoms with Crippen molar-refractivity contribution in [1.82, 2.24) is 4.90 Å². The van der Waals surface area contributed by atoms with E-state index >= 15 is 0 Å². The minimum atomic E-state index is -0.530. The third-order valence-electron chi connectivity index (χ3n) is 9.59. The number of aliphatic hydroxyl groups is 1. The number of carbonyl (C=O) groups excluding carboxylic acids is 2. The number of benzene rings is 2. The molecule has 1 aliphatic heterocycles. The van der Waals surface area contributed by atoms with E-state index in [9.17, 15) is 19.1 Å². The third-order valence-corrected chi connectivity index (χ3v) is 9.59. The van der Waals surface area contributed by atoms with Crippen molar-refractivity contribution in [2.45, 2.75) is 64.5 Å². The van der Waals surface area contributed by atoms with Gasteiger partial charge in [0.2, 0.25) is 5.91 Å². The fourth-order valence-electron chi connectivity index (χ4n) is 7.96. The summed E-state index contributed by atoms with van der Waals surface area (Å²) in [4.78, 5) is 28.6. The summed E-state index contributed by atoms with van der Waals surface area (Å²) in [7, 11) is 0. The maximum absolute atomic E-state index is 14.5.